The first-order valence-corrected chi connectivity index (χ1v) is 11.0. The number of carbonyl (C=O) groups excluding carboxylic acids is 1. The summed E-state index contributed by atoms with van der Waals surface area (Å²) >= 11 is 5.87. The Morgan fingerprint density at radius 2 is 1.85 bits per heavy atom. The minimum absolute atomic E-state index is 0.0150. The standard InChI is InChI=1S/C25H24ClN3O4/c26-19-8-6-16(7-9-19)11-28-24(32)22-14-29-25-21(23(22)31)10-20(33-25)13-27-12-18(15-30)17-4-2-1-3-5-17/h1-10,14,18,27,30H,11-13,15H2,(H,28,32)(H,29,31). The summed E-state index contributed by atoms with van der Waals surface area (Å²) in [6.45, 7) is 1.22. The molecule has 1 unspecified atom stereocenters. The number of amides is 1. The van der Waals surface area contributed by atoms with E-state index in [0.29, 0.717) is 35.0 Å². The average Bonchev–Trinajstić information content (AvgIpc) is 3.26. The largest absolute Gasteiger partial charge is 0.443 e. The van der Waals surface area contributed by atoms with Crippen molar-refractivity contribution in [2.75, 3.05) is 13.2 Å². The van der Waals surface area contributed by atoms with Gasteiger partial charge in [0.05, 0.1) is 18.5 Å². The lowest BCUT2D eigenvalue weighted by Crippen LogP contribution is -2.28. The van der Waals surface area contributed by atoms with Crippen molar-refractivity contribution in [3.8, 4) is 0 Å². The van der Waals surface area contributed by atoms with E-state index >= 15 is 0 Å². The molecule has 0 aliphatic carbocycles. The fourth-order valence-electron chi connectivity index (χ4n) is 3.58. The van der Waals surface area contributed by atoms with E-state index in [4.69, 9.17) is 16.0 Å². The van der Waals surface area contributed by atoms with E-state index in [1.807, 2.05) is 42.5 Å². The number of hydrogen-bond acceptors (Lipinski definition) is 5. The Bertz CT molecular complexity index is 1280. The van der Waals surface area contributed by atoms with Gasteiger partial charge < -0.3 is 25.1 Å². The molecule has 2 aromatic heterocycles. The Kier molecular flexibility index (Phi) is 7.24. The second-order valence-electron chi connectivity index (χ2n) is 7.72. The van der Waals surface area contributed by atoms with Crippen LogP contribution in [0.1, 0.15) is 33.2 Å². The summed E-state index contributed by atoms with van der Waals surface area (Å²) in [7, 11) is 0. The van der Waals surface area contributed by atoms with Crippen LogP contribution in [0.3, 0.4) is 0 Å². The Morgan fingerprint density at radius 1 is 1.09 bits per heavy atom. The van der Waals surface area contributed by atoms with Crippen molar-refractivity contribution in [2.45, 2.75) is 19.0 Å². The molecule has 2 aromatic carbocycles. The molecular formula is C25H24ClN3O4. The highest BCUT2D eigenvalue weighted by Crippen LogP contribution is 2.17. The van der Waals surface area contributed by atoms with Crippen LogP contribution in [0, 0.1) is 0 Å². The highest BCUT2D eigenvalue weighted by molar-refractivity contribution is 6.30. The molecule has 170 valence electrons. The highest BCUT2D eigenvalue weighted by Gasteiger charge is 2.16. The Hall–Kier alpha value is -3.39. The molecule has 8 heteroatoms. The van der Waals surface area contributed by atoms with Crippen LogP contribution in [0.5, 0.6) is 0 Å². The van der Waals surface area contributed by atoms with Crippen LogP contribution in [0.15, 0.2) is 76.1 Å². The molecule has 0 bridgehead atoms. The number of benzene rings is 2. The molecule has 1 amide bonds. The maximum Gasteiger partial charge on any atom is 0.257 e. The first-order chi connectivity index (χ1) is 16.0. The van der Waals surface area contributed by atoms with Crippen LogP contribution in [0.2, 0.25) is 5.02 Å². The van der Waals surface area contributed by atoms with E-state index in [-0.39, 0.29) is 24.6 Å². The van der Waals surface area contributed by atoms with E-state index < -0.39 is 11.3 Å². The number of aliphatic hydroxyl groups is 1. The number of aliphatic hydroxyl groups excluding tert-OH is 1. The summed E-state index contributed by atoms with van der Waals surface area (Å²) in [5.41, 5.74) is 1.85. The number of nitrogens with one attached hydrogen (secondary N) is 3. The summed E-state index contributed by atoms with van der Waals surface area (Å²) in [5.74, 6) is 0.0394. The van der Waals surface area contributed by atoms with Crippen molar-refractivity contribution in [1.29, 1.82) is 0 Å². The third kappa shape index (κ3) is 5.51. The van der Waals surface area contributed by atoms with Gasteiger partial charge in [-0.05, 0) is 29.3 Å². The number of hydrogen-bond donors (Lipinski definition) is 4. The number of carbonyl (C=O) groups is 1. The minimum atomic E-state index is -0.470. The van der Waals surface area contributed by atoms with Crippen molar-refractivity contribution < 1.29 is 14.3 Å². The summed E-state index contributed by atoms with van der Waals surface area (Å²) in [4.78, 5) is 28.3. The van der Waals surface area contributed by atoms with Gasteiger partial charge >= 0.3 is 0 Å². The van der Waals surface area contributed by atoms with E-state index in [9.17, 15) is 14.7 Å². The highest BCUT2D eigenvalue weighted by atomic mass is 35.5. The molecule has 4 N–H and O–H groups in total. The van der Waals surface area contributed by atoms with Crippen molar-refractivity contribution >= 4 is 28.6 Å². The fraction of sp³-hybridized carbons (Fsp3) is 0.200. The van der Waals surface area contributed by atoms with Crippen molar-refractivity contribution in [3.05, 3.63) is 105 Å². The van der Waals surface area contributed by atoms with Gasteiger partial charge in [-0.25, -0.2) is 0 Å². The number of halogens is 1. The van der Waals surface area contributed by atoms with Crippen LogP contribution in [0.25, 0.3) is 11.1 Å². The lowest BCUT2D eigenvalue weighted by atomic mass is 10.0. The average molecular weight is 466 g/mol. The van der Waals surface area contributed by atoms with Gasteiger partial charge in [0.25, 0.3) is 5.91 Å². The van der Waals surface area contributed by atoms with E-state index in [0.717, 1.165) is 11.1 Å². The molecule has 0 aliphatic heterocycles. The first kappa shape index (κ1) is 22.8. The van der Waals surface area contributed by atoms with Gasteiger partial charge in [0.15, 0.2) is 0 Å². The molecule has 0 fully saturated rings. The molecule has 2 heterocycles. The zero-order valence-corrected chi connectivity index (χ0v) is 18.6. The summed E-state index contributed by atoms with van der Waals surface area (Å²) in [6, 6.07) is 18.5. The number of aromatic amines is 1. The van der Waals surface area contributed by atoms with Crippen LogP contribution < -0.4 is 16.1 Å². The van der Waals surface area contributed by atoms with Crippen LogP contribution in [-0.4, -0.2) is 29.1 Å². The normalized spacial score (nSPS) is 12.1. The number of pyridine rings is 1. The van der Waals surface area contributed by atoms with Gasteiger partial charge in [-0.15, -0.1) is 0 Å². The monoisotopic (exact) mass is 465 g/mol. The van der Waals surface area contributed by atoms with Crippen LogP contribution in [0.4, 0.5) is 0 Å². The molecule has 4 aromatic rings. The summed E-state index contributed by atoms with van der Waals surface area (Å²) in [6.07, 6.45) is 1.36. The smallest absolute Gasteiger partial charge is 0.257 e. The first-order valence-electron chi connectivity index (χ1n) is 10.6. The summed E-state index contributed by atoms with van der Waals surface area (Å²) < 4.78 is 5.72. The van der Waals surface area contributed by atoms with Gasteiger partial charge in [-0.2, -0.15) is 0 Å². The Balaban J connectivity index is 1.40. The third-order valence-corrected chi connectivity index (χ3v) is 5.66. The SMILES string of the molecule is O=C(NCc1ccc(Cl)cc1)c1c[nH]c2oc(CNCC(CO)c3ccccc3)cc2c1=O. The molecule has 0 saturated heterocycles. The fourth-order valence-corrected chi connectivity index (χ4v) is 3.71. The zero-order valence-electron chi connectivity index (χ0n) is 17.8. The van der Waals surface area contributed by atoms with Gasteiger partial charge in [-0.1, -0.05) is 54.1 Å². The van der Waals surface area contributed by atoms with Crippen molar-refractivity contribution in [3.63, 3.8) is 0 Å². The molecule has 1 atom stereocenters. The maximum absolute atomic E-state index is 12.8. The number of rotatable bonds is 9. The molecule has 0 radical (unpaired) electrons. The third-order valence-electron chi connectivity index (χ3n) is 5.41. The van der Waals surface area contributed by atoms with Crippen LogP contribution in [-0.2, 0) is 13.1 Å². The molecule has 7 nitrogen and oxygen atoms in total. The van der Waals surface area contributed by atoms with Gasteiger partial charge in [-0.3, -0.25) is 9.59 Å². The lowest BCUT2D eigenvalue weighted by molar-refractivity contribution is 0.0949. The molecule has 0 saturated carbocycles. The molecule has 0 spiro atoms. The predicted molar refractivity (Wildman–Crippen MR) is 127 cm³/mol. The minimum Gasteiger partial charge on any atom is -0.443 e. The zero-order chi connectivity index (χ0) is 23.2. The van der Waals surface area contributed by atoms with E-state index in [2.05, 4.69) is 15.6 Å². The summed E-state index contributed by atoms with van der Waals surface area (Å²) in [5, 5.41) is 16.6. The number of H-pyrrole nitrogens is 1. The quantitative estimate of drug-likeness (QED) is 0.302. The lowest BCUT2D eigenvalue weighted by Gasteiger charge is -2.14. The molecule has 0 aliphatic rings. The van der Waals surface area contributed by atoms with Crippen molar-refractivity contribution in [1.82, 2.24) is 15.6 Å². The van der Waals surface area contributed by atoms with Crippen molar-refractivity contribution in [2.24, 2.45) is 0 Å². The number of fused-ring (bicyclic) bond motifs is 1. The predicted octanol–water partition coefficient (Wildman–Crippen LogP) is 3.57. The van der Waals surface area contributed by atoms with Gasteiger partial charge in [0.1, 0.15) is 11.3 Å². The topological polar surface area (TPSA) is 107 Å². The molecule has 33 heavy (non-hydrogen) atoms. The van der Waals surface area contributed by atoms with E-state index in [1.165, 1.54) is 6.20 Å². The van der Waals surface area contributed by atoms with Gasteiger partial charge in [0, 0.05) is 30.2 Å². The maximum atomic E-state index is 12.8. The second kappa shape index (κ2) is 10.5. The van der Waals surface area contributed by atoms with Gasteiger partial charge in [0.2, 0.25) is 11.1 Å². The van der Waals surface area contributed by atoms with Crippen LogP contribution >= 0.6 is 11.6 Å². The van der Waals surface area contributed by atoms with E-state index in [1.54, 1.807) is 18.2 Å². The molecule has 4 rings (SSSR count). The number of furan rings is 1. The number of aromatic nitrogens is 1. The Labute approximate surface area is 195 Å². The second-order valence-corrected chi connectivity index (χ2v) is 8.15. The molecular weight excluding hydrogens is 442 g/mol. The Morgan fingerprint density at radius 3 is 2.58 bits per heavy atom.